The molecule has 9 nitrogen and oxygen atoms in total. The summed E-state index contributed by atoms with van der Waals surface area (Å²) in [6.07, 6.45) is 0. The van der Waals surface area contributed by atoms with Gasteiger partial charge in [-0.2, -0.15) is 0 Å². The van der Waals surface area contributed by atoms with Crippen LogP contribution in [0.2, 0.25) is 0 Å². The number of halogens is 1. The molecule has 2 aromatic carbocycles. The van der Waals surface area contributed by atoms with Gasteiger partial charge in [0, 0.05) is 18.3 Å². The molecule has 174 valence electrons. The van der Waals surface area contributed by atoms with Crippen molar-refractivity contribution in [2.24, 2.45) is 0 Å². The van der Waals surface area contributed by atoms with Crippen molar-refractivity contribution in [3.05, 3.63) is 63.9 Å². The van der Waals surface area contributed by atoms with E-state index in [1.165, 1.54) is 31.4 Å². The SMILES string of the molecule is COC(=O)CN(Cc1cc(OC)cc(OC)c1)Cc1nnc(C(=O)Nc2ccc(F)cc2)s1. The van der Waals surface area contributed by atoms with Gasteiger partial charge in [-0.15, -0.1) is 10.2 Å². The van der Waals surface area contributed by atoms with Crippen LogP contribution in [0.1, 0.15) is 20.4 Å². The maximum atomic E-state index is 13.0. The normalized spacial score (nSPS) is 10.7. The molecule has 1 aromatic heterocycles. The molecule has 0 spiro atoms. The second kappa shape index (κ2) is 11.3. The molecular formula is C22H23FN4O5S. The molecule has 0 saturated carbocycles. The second-order valence-corrected chi connectivity index (χ2v) is 7.97. The number of amides is 1. The number of esters is 1. The maximum absolute atomic E-state index is 13.0. The highest BCUT2D eigenvalue weighted by molar-refractivity contribution is 7.13. The van der Waals surface area contributed by atoms with Crippen LogP contribution in [-0.4, -0.2) is 54.8 Å². The Balaban J connectivity index is 1.73. The zero-order valence-corrected chi connectivity index (χ0v) is 19.1. The van der Waals surface area contributed by atoms with Crippen molar-refractivity contribution < 1.29 is 28.2 Å². The lowest BCUT2D eigenvalue weighted by atomic mass is 10.2. The van der Waals surface area contributed by atoms with Gasteiger partial charge in [0.1, 0.15) is 22.3 Å². The highest BCUT2D eigenvalue weighted by Crippen LogP contribution is 2.24. The van der Waals surface area contributed by atoms with Gasteiger partial charge in [0.15, 0.2) is 0 Å². The number of nitrogens with zero attached hydrogens (tertiary/aromatic N) is 3. The number of anilines is 1. The summed E-state index contributed by atoms with van der Waals surface area (Å²) in [6, 6.07) is 10.8. The lowest BCUT2D eigenvalue weighted by Gasteiger charge is -2.20. The standard InChI is InChI=1S/C22H23FN4O5S/c1-30-17-8-14(9-18(10-17)31-2)11-27(13-20(28)32-3)12-19-25-26-22(33-19)21(29)24-16-6-4-15(23)5-7-16/h4-10H,11-13H2,1-3H3,(H,24,29). The fourth-order valence-electron chi connectivity index (χ4n) is 2.95. The number of hydrogen-bond donors (Lipinski definition) is 1. The Bertz CT molecular complexity index is 1080. The zero-order chi connectivity index (χ0) is 23.8. The number of methoxy groups -OCH3 is 3. The number of benzene rings is 2. The van der Waals surface area contributed by atoms with Gasteiger partial charge in [-0.1, -0.05) is 11.3 Å². The number of carbonyl (C=O) groups is 2. The quantitative estimate of drug-likeness (QED) is 0.447. The molecule has 3 rings (SSSR count). The van der Waals surface area contributed by atoms with Crippen LogP contribution in [0.4, 0.5) is 10.1 Å². The van der Waals surface area contributed by atoms with Gasteiger partial charge in [0.2, 0.25) is 5.01 Å². The molecule has 3 aromatic rings. The molecule has 0 fully saturated rings. The topological polar surface area (TPSA) is 103 Å². The minimum atomic E-state index is -0.456. The summed E-state index contributed by atoms with van der Waals surface area (Å²) in [5.41, 5.74) is 1.30. The van der Waals surface area contributed by atoms with Crippen LogP contribution in [0.3, 0.4) is 0 Å². The average Bonchev–Trinajstić information content (AvgIpc) is 3.28. The number of aromatic nitrogens is 2. The van der Waals surface area contributed by atoms with Crippen LogP contribution in [0, 0.1) is 5.82 Å². The Morgan fingerprint density at radius 3 is 2.27 bits per heavy atom. The van der Waals surface area contributed by atoms with Gasteiger partial charge < -0.3 is 19.5 Å². The molecule has 0 atom stereocenters. The zero-order valence-electron chi connectivity index (χ0n) is 18.3. The van der Waals surface area contributed by atoms with Crippen molar-refractivity contribution in [2.45, 2.75) is 13.1 Å². The first-order valence-electron chi connectivity index (χ1n) is 9.80. The van der Waals surface area contributed by atoms with Crippen LogP contribution < -0.4 is 14.8 Å². The summed E-state index contributed by atoms with van der Waals surface area (Å²) >= 11 is 1.10. The highest BCUT2D eigenvalue weighted by atomic mass is 32.1. The molecule has 0 aliphatic carbocycles. The molecule has 0 saturated heterocycles. The van der Waals surface area contributed by atoms with Gasteiger partial charge in [-0.05, 0) is 42.0 Å². The van der Waals surface area contributed by atoms with Crippen molar-refractivity contribution in [1.29, 1.82) is 0 Å². The molecule has 1 heterocycles. The van der Waals surface area contributed by atoms with Crippen molar-refractivity contribution in [3.8, 4) is 11.5 Å². The summed E-state index contributed by atoms with van der Waals surface area (Å²) in [5, 5.41) is 11.4. The molecule has 0 aliphatic heterocycles. The van der Waals surface area contributed by atoms with E-state index in [1.54, 1.807) is 20.3 Å². The molecule has 1 amide bonds. The Morgan fingerprint density at radius 1 is 1.00 bits per heavy atom. The molecule has 0 bridgehead atoms. The van der Waals surface area contributed by atoms with E-state index in [0.29, 0.717) is 28.7 Å². The second-order valence-electron chi connectivity index (χ2n) is 6.90. The van der Waals surface area contributed by atoms with Gasteiger partial charge >= 0.3 is 5.97 Å². The predicted molar refractivity (Wildman–Crippen MR) is 120 cm³/mol. The molecule has 0 aliphatic rings. The number of ether oxygens (including phenoxy) is 3. The summed E-state index contributed by atoms with van der Waals surface area (Å²) in [5.74, 6) is -0.0207. The van der Waals surface area contributed by atoms with Gasteiger partial charge in [0.05, 0.1) is 34.4 Å². The molecule has 1 N–H and O–H groups in total. The third-order valence-electron chi connectivity index (χ3n) is 4.52. The molecule has 11 heteroatoms. The largest absolute Gasteiger partial charge is 0.497 e. The van der Waals surface area contributed by atoms with Gasteiger partial charge in [-0.3, -0.25) is 14.5 Å². The number of carbonyl (C=O) groups excluding carboxylic acids is 2. The van der Waals surface area contributed by atoms with E-state index in [1.807, 2.05) is 17.0 Å². The Hall–Kier alpha value is -3.57. The van der Waals surface area contributed by atoms with Crippen LogP contribution in [0.5, 0.6) is 11.5 Å². The van der Waals surface area contributed by atoms with Crippen molar-refractivity contribution in [1.82, 2.24) is 15.1 Å². The van der Waals surface area contributed by atoms with E-state index < -0.39 is 17.7 Å². The van der Waals surface area contributed by atoms with E-state index in [9.17, 15) is 14.0 Å². The minimum absolute atomic E-state index is 0.00666. The molecule has 0 radical (unpaired) electrons. The van der Waals surface area contributed by atoms with E-state index in [4.69, 9.17) is 14.2 Å². The van der Waals surface area contributed by atoms with Crippen LogP contribution in [-0.2, 0) is 22.6 Å². The third-order valence-corrected chi connectivity index (χ3v) is 5.43. The van der Waals surface area contributed by atoms with E-state index in [0.717, 1.165) is 16.9 Å². The van der Waals surface area contributed by atoms with Crippen molar-refractivity contribution in [2.75, 3.05) is 33.2 Å². The number of nitrogens with one attached hydrogen (secondary N) is 1. The van der Waals surface area contributed by atoms with E-state index >= 15 is 0 Å². The summed E-state index contributed by atoms with van der Waals surface area (Å²) in [6.45, 7) is 0.641. The molecular weight excluding hydrogens is 451 g/mol. The van der Waals surface area contributed by atoms with Crippen molar-refractivity contribution >= 4 is 28.9 Å². The smallest absolute Gasteiger partial charge is 0.319 e. The molecule has 0 unspecified atom stereocenters. The fraction of sp³-hybridized carbons (Fsp3) is 0.273. The third kappa shape index (κ3) is 6.96. The number of rotatable bonds is 10. The number of hydrogen-bond acceptors (Lipinski definition) is 9. The summed E-state index contributed by atoms with van der Waals surface area (Å²) in [4.78, 5) is 26.2. The van der Waals surface area contributed by atoms with Crippen LogP contribution >= 0.6 is 11.3 Å². The maximum Gasteiger partial charge on any atom is 0.319 e. The first-order valence-corrected chi connectivity index (χ1v) is 10.6. The Labute approximate surface area is 194 Å². The Morgan fingerprint density at radius 2 is 1.67 bits per heavy atom. The lowest BCUT2D eigenvalue weighted by Crippen LogP contribution is -2.29. The lowest BCUT2D eigenvalue weighted by molar-refractivity contribution is -0.142. The van der Waals surface area contributed by atoms with Crippen molar-refractivity contribution in [3.63, 3.8) is 0 Å². The minimum Gasteiger partial charge on any atom is -0.497 e. The Kier molecular flexibility index (Phi) is 8.28. The van der Waals surface area contributed by atoms with Gasteiger partial charge in [0.25, 0.3) is 5.91 Å². The van der Waals surface area contributed by atoms with Crippen LogP contribution in [0.25, 0.3) is 0 Å². The summed E-state index contributed by atoms with van der Waals surface area (Å²) < 4.78 is 28.5. The fourth-order valence-corrected chi connectivity index (χ4v) is 3.73. The highest BCUT2D eigenvalue weighted by Gasteiger charge is 2.18. The van der Waals surface area contributed by atoms with E-state index in [2.05, 4.69) is 15.5 Å². The molecule has 33 heavy (non-hydrogen) atoms. The van der Waals surface area contributed by atoms with Crippen LogP contribution in [0.15, 0.2) is 42.5 Å². The average molecular weight is 475 g/mol. The summed E-state index contributed by atoms with van der Waals surface area (Å²) in [7, 11) is 4.44. The monoisotopic (exact) mass is 474 g/mol. The van der Waals surface area contributed by atoms with E-state index in [-0.39, 0.29) is 18.1 Å². The predicted octanol–water partition coefficient (Wildman–Crippen LogP) is 3.12. The first kappa shape index (κ1) is 24.1. The first-order chi connectivity index (χ1) is 15.9. The van der Waals surface area contributed by atoms with Gasteiger partial charge in [-0.25, -0.2) is 4.39 Å².